The number of halogens is 1. The molecule has 19 heavy (non-hydrogen) atoms. The van der Waals surface area contributed by atoms with Gasteiger partial charge in [-0.2, -0.15) is 0 Å². The molecule has 0 aromatic heterocycles. The summed E-state index contributed by atoms with van der Waals surface area (Å²) in [6, 6.07) is 6.98. The zero-order valence-electron chi connectivity index (χ0n) is 10.9. The van der Waals surface area contributed by atoms with E-state index in [4.69, 9.17) is 11.6 Å². The van der Waals surface area contributed by atoms with Crippen LogP contribution in [0, 0.1) is 5.41 Å². The highest BCUT2D eigenvalue weighted by molar-refractivity contribution is 6.30. The number of hydrogen-bond donors (Lipinski definition) is 3. The summed E-state index contributed by atoms with van der Waals surface area (Å²) in [5.41, 5.74) is 0.388. The Kier molecular flexibility index (Phi) is 4.45. The fourth-order valence-corrected chi connectivity index (χ4v) is 2.34. The first-order valence-electron chi connectivity index (χ1n) is 6.44. The molecule has 1 aromatic rings. The average Bonchev–Trinajstić information content (AvgIpc) is 2.84. The van der Waals surface area contributed by atoms with Gasteiger partial charge in [0, 0.05) is 18.1 Å². The molecule has 2 rings (SSSR count). The van der Waals surface area contributed by atoms with Gasteiger partial charge < -0.3 is 15.7 Å². The maximum atomic E-state index is 12.1. The van der Waals surface area contributed by atoms with Gasteiger partial charge in [-0.25, -0.2) is 0 Å². The van der Waals surface area contributed by atoms with Crippen LogP contribution in [0.15, 0.2) is 24.3 Å². The number of aliphatic hydroxyl groups excluding tert-OH is 1. The van der Waals surface area contributed by atoms with E-state index >= 15 is 0 Å². The van der Waals surface area contributed by atoms with Crippen molar-refractivity contribution in [1.82, 2.24) is 10.6 Å². The molecule has 0 aliphatic carbocycles. The summed E-state index contributed by atoms with van der Waals surface area (Å²) in [5, 5.41) is 16.6. The number of rotatable bonds is 4. The lowest BCUT2D eigenvalue weighted by atomic mass is 9.89. The van der Waals surface area contributed by atoms with Gasteiger partial charge >= 0.3 is 0 Å². The van der Waals surface area contributed by atoms with Crippen molar-refractivity contribution in [2.75, 3.05) is 19.6 Å². The van der Waals surface area contributed by atoms with Crippen LogP contribution < -0.4 is 10.6 Å². The van der Waals surface area contributed by atoms with E-state index < -0.39 is 6.10 Å². The van der Waals surface area contributed by atoms with Gasteiger partial charge in [0.1, 0.15) is 0 Å². The molecule has 5 heteroatoms. The molecule has 0 saturated carbocycles. The summed E-state index contributed by atoms with van der Waals surface area (Å²) < 4.78 is 0. The van der Waals surface area contributed by atoms with E-state index in [-0.39, 0.29) is 17.9 Å². The smallest absolute Gasteiger partial charge is 0.227 e. The molecule has 1 saturated heterocycles. The fourth-order valence-electron chi connectivity index (χ4n) is 2.22. The Bertz CT molecular complexity index is 441. The molecule has 104 valence electrons. The van der Waals surface area contributed by atoms with Crippen molar-refractivity contribution in [3.8, 4) is 0 Å². The highest BCUT2D eigenvalue weighted by Crippen LogP contribution is 2.24. The molecular formula is C14H19ClN2O2. The minimum Gasteiger partial charge on any atom is -0.387 e. The average molecular weight is 283 g/mol. The highest BCUT2D eigenvalue weighted by atomic mass is 35.5. The number of aliphatic hydroxyl groups is 1. The van der Waals surface area contributed by atoms with E-state index in [1.807, 2.05) is 6.92 Å². The van der Waals surface area contributed by atoms with Crippen molar-refractivity contribution >= 4 is 17.5 Å². The Morgan fingerprint density at radius 1 is 1.53 bits per heavy atom. The van der Waals surface area contributed by atoms with Crippen LogP contribution in [0.2, 0.25) is 5.02 Å². The predicted molar refractivity (Wildman–Crippen MR) is 75.0 cm³/mol. The van der Waals surface area contributed by atoms with Crippen LogP contribution in [0.4, 0.5) is 0 Å². The second-order valence-corrected chi connectivity index (χ2v) is 5.70. The lowest BCUT2D eigenvalue weighted by Crippen LogP contribution is -2.41. The normalized spacial score (nSPS) is 24.2. The molecule has 1 fully saturated rings. The van der Waals surface area contributed by atoms with Crippen LogP contribution in [0.25, 0.3) is 0 Å². The Balaban J connectivity index is 1.88. The SMILES string of the molecule is CC1(C(=O)NCC(O)c2ccc(Cl)cc2)CCNC1. The van der Waals surface area contributed by atoms with Crippen LogP contribution in [0.5, 0.6) is 0 Å². The zero-order chi connectivity index (χ0) is 13.9. The second-order valence-electron chi connectivity index (χ2n) is 5.26. The lowest BCUT2D eigenvalue weighted by Gasteiger charge is -2.22. The maximum absolute atomic E-state index is 12.1. The minimum atomic E-state index is -0.709. The molecule has 1 aromatic carbocycles. The van der Waals surface area contributed by atoms with E-state index in [0.717, 1.165) is 18.5 Å². The molecule has 2 atom stereocenters. The first-order valence-corrected chi connectivity index (χ1v) is 6.82. The Labute approximate surface area is 118 Å². The van der Waals surface area contributed by atoms with Gasteiger partial charge in [-0.05, 0) is 37.6 Å². The first kappa shape index (κ1) is 14.3. The molecule has 4 nitrogen and oxygen atoms in total. The van der Waals surface area contributed by atoms with E-state index in [1.54, 1.807) is 24.3 Å². The number of hydrogen-bond acceptors (Lipinski definition) is 3. The minimum absolute atomic E-state index is 0.00878. The zero-order valence-corrected chi connectivity index (χ0v) is 11.7. The highest BCUT2D eigenvalue weighted by Gasteiger charge is 2.36. The summed E-state index contributed by atoms with van der Waals surface area (Å²) in [7, 11) is 0. The number of amides is 1. The van der Waals surface area contributed by atoms with Crippen molar-refractivity contribution in [3.05, 3.63) is 34.9 Å². The third kappa shape index (κ3) is 3.47. The standard InChI is InChI=1S/C14H19ClN2O2/c1-14(6-7-16-9-14)13(19)17-8-12(18)10-2-4-11(15)5-3-10/h2-5,12,16,18H,6-9H2,1H3,(H,17,19). The van der Waals surface area contributed by atoms with Gasteiger partial charge in [0.25, 0.3) is 0 Å². The molecule has 0 radical (unpaired) electrons. The number of carbonyl (C=O) groups excluding carboxylic acids is 1. The summed E-state index contributed by atoms with van der Waals surface area (Å²) in [4.78, 5) is 12.1. The molecule has 1 heterocycles. The van der Waals surface area contributed by atoms with E-state index in [9.17, 15) is 9.90 Å². The monoisotopic (exact) mass is 282 g/mol. The van der Waals surface area contributed by atoms with Crippen molar-refractivity contribution < 1.29 is 9.90 Å². The predicted octanol–water partition coefficient (Wildman–Crippen LogP) is 1.49. The number of nitrogens with one attached hydrogen (secondary N) is 2. The van der Waals surface area contributed by atoms with Crippen molar-refractivity contribution in [2.45, 2.75) is 19.4 Å². The fraction of sp³-hybridized carbons (Fsp3) is 0.500. The maximum Gasteiger partial charge on any atom is 0.227 e. The summed E-state index contributed by atoms with van der Waals surface area (Å²) in [6.45, 7) is 3.71. The van der Waals surface area contributed by atoms with Gasteiger partial charge in [-0.1, -0.05) is 23.7 Å². The van der Waals surface area contributed by atoms with Gasteiger partial charge in [0.2, 0.25) is 5.91 Å². The molecule has 0 spiro atoms. The third-order valence-corrected chi connectivity index (χ3v) is 3.88. The van der Waals surface area contributed by atoms with Crippen LogP contribution in [-0.4, -0.2) is 30.6 Å². The molecule has 3 N–H and O–H groups in total. The Morgan fingerprint density at radius 3 is 2.79 bits per heavy atom. The summed E-state index contributed by atoms with van der Waals surface area (Å²) in [5.74, 6) is -0.00878. The van der Waals surface area contributed by atoms with Crippen molar-refractivity contribution in [1.29, 1.82) is 0 Å². The van der Waals surface area contributed by atoms with E-state index in [2.05, 4.69) is 10.6 Å². The van der Waals surface area contributed by atoms with Crippen molar-refractivity contribution in [2.24, 2.45) is 5.41 Å². The van der Waals surface area contributed by atoms with E-state index in [1.165, 1.54) is 0 Å². The topological polar surface area (TPSA) is 61.4 Å². The van der Waals surface area contributed by atoms with Crippen molar-refractivity contribution in [3.63, 3.8) is 0 Å². The largest absolute Gasteiger partial charge is 0.387 e. The lowest BCUT2D eigenvalue weighted by molar-refractivity contribution is -0.129. The summed E-state index contributed by atoms with van der Waals surface area (Å²) in [6.07, 6.45) is 0.120. The van der Waals surface area contributed by atoms with Gasteiger partial charge in [0.05, 0.1) is 11.5 Å². The Morgan fingerprint density at radius 2 is 2.21 bits per heavy atom. The van der Waals surface area contributed by atoms with Crippen LogP contribution in [-0.2, 0) is 4.79 Å². The second kappa shape index (κ2) is 5.90. The van der Waals surface area contributed by atoms with E-state index in [0.29, 0.717) is 11.6 Å². The van der Waals surface area contributed by atoms with Crippen LogP contribution >= 0.6 is 11.6 Å². The molecule has 1 aliphatic heterocycles. The summed E-state index contributed by atoms with van der Waals surface area (Å²) >= 11 is 5.79. The van der Waals surface area contributed by atoms with Crippen LogP contribution in [0.3, 0.4) is 0 Å². The Hall–Kier alpha value is -1.10. The van der Waals surface area contributed by atoms with Gasteiger partial charge in [0.15, 0.2) is 0 Å². The third-order valence-electron chi connectivity index (χ3n) is 3.63. The number of benzene rings is 1. The first-order chi connectivity index (χ1) is 9.01. The number of carbonyl (C=O) groups is 1. The quantitative estimate of drug-likeness (QED) is 0.784. The molecule has 1 amide bonds. The molecule has 2 unspecified atom stereocenters. The molecule has 1 aliphatic rings. The van der Waals surface area contributed by atoms with Crippen LogP contribution in [0.1, 0.15) is 25.0 Å². The molecular weight excluding hydrogens is 264 g/mol. The van der Waals surface area contributed by atoms with Gasteiger partial charge in [-0.3, -0.25) is 4.79 Å². The molecule has 0 bridgehead atoms. The van der Waals surface area contributed by atoms with Gasteiger partial charge in [-0.15, -0.1) is 0 Å².